The highest BCUT2D eigenvalue weighted by Gasteiger charge is 2.14. The Morgan fingerprint density at radius 3 is 2.18 bits per heavy atom. The number of esters is 1. The molecule has 150 valence electrons. The van der Waals surface area contributed by atoms with Crippen LogP contribution in [0.1, 0.15) is 40.0 Å². The zero-order valence-corrected chi connectivity index (χ0v) is 17.6. The van der Waals surface area contributed by atoms with E-state index in [-0.39, 0.29) is 39.3 Å². The molecule has 28 heavy (non-hydrogen) atoms. The maximum atomic E-state index is 11.8. The lowest BCUT2D eigenvalue weighted by atomic mass is 10.2. The zero-order valence-electron chi connectivity index (χ0n) is 16.1. The summed E-state index contributed by atoms with van der Waals surface area (Å²) >= 11 is 12.5. The maximum Gasteiger partial charge on any atom is 0.311 e. The number of ether oxygens (including phenoxy) is 2. The monoisotopic (exact) mass is 423 g/mol. The van der Waals surface area contributed by atoms with Gasteiger partial charge in [0.2, 0.25) is 5.91 Å². The summed E-state index contributed by atoms with van der Waals surface area (Å²) in [4.78, 5) is 23.5. The fourth-order valence-corrected chi connectivity index (χ4v) is 2.75. The van der Waals surface area contributed by atoms with Crippen molar-refractivity contribution in [1.82, 2.24) is 0 Å². The van der Waals surface area contributed by atoms with Crippen LogP contribution in [-0.4, -0.2) is 11.9 Å². The van der Waals surface area contributed by atoms with Gasteiger partial charge in [0.05, 0.1) is 10.0 Å². The molecule has 2 aromatic rings. The van der Waals surface area contributed by atoms with Crippen LogP contribution in [0.3, 0.4) is 0 Å². The minimum absolute atomic E-state index is 0.0659. The molecule has 0 aliphatic carbocycles. The van der Waals surface area contributed by atoms with Crippen LogP contribution in [0.5, 0.6) is 17.2 Å². The van der Waals surface area contributed by atoms with Crippen LogP contribution in [0, 0.1) is 5.92 Å². The smallest absolute Gasteiger partial charge is 0.311 e. The molecule has 0 unspecified atom stereocenters. The molecule has 0 aliphatic heterocycles. The average Bonchev–Trinajstić information content (AvgIpc) is 2.64. The second-order valence-corrected chi connectivity index (χ2v) is 7.38. The Balaban J connectivity index is 2.07. The summed E-state index contributed by atoms with van der Waals surface area (Å²) in [6, 6.07) is 9.82. The number of carbonyl (C=O) groups excluding carboxylic acids is 2. The van der Waals surface area contributed by atoms with Crippen LogP contribution >= 0.6 is 23.2 Å². The lowest BCUT2D eigenvalue weighted by molar-refractivity contribution is -0.134. The highest BCUT2D eigenvalue weighted by atomic mass is 35.5. The number of benzene rings is 2. The molecule has 0 aromatic heterocycles. The Morgan fingerprint density at radius 1 is 1.04 bits per heavy atom. The first-order valence-electron chi connectivity index (χ1n) is 9.08. The molecule has 2 rings (SSSR count). The largest absolute Gasteiger partial charge is 0.454 e. The third-order valence-electron chi connectivity index (χ3n) is 3.80. The van der Waals surface area contributed by atoms with Gasteiger partial charge in [0.25, 0.3) is 0 Å². The molecule has 0 aliphatic rings. The number of carbonyl (C=O) groups is 2. The molecular formula is C21H23Cl2NO4. The number of unbranched alkanes of at least 4 members (excludes halogenated alkanes) is 1. The van der Waals surface area contributed by atoms with E-state index in [4.69, 9.17) is 32.7 Å². The molecule has 0 saturated heterocycles. The van der Waals surface area contributed by atoms with Crippen LogP contribution in [0.4, 0.5) is 5.69 Å². The van der Waals surface area contributed by atoms with Gasteiger partial charge in [-0.1, -0.05) is 50.4 Å². The van der Waals surface area contributed by atoms with Crippen molar-refractivity contribution < 1.29 is 19.1 Å². The molecule has 0 fully saturated rings. The van der Waals surface area contributed by atoms with Crippen LogP contribution in [0.2, 0.25) is 10.0 Å². The number of rotatable bonds is 8. The number of halogens is 2. The average molecular weight is 424 g/mol. The standard InChI is InChI=1S/C21H23Cl2NO4/c1-4-5-6-19(25)27-16-11-17(22)20(18(23)12-16)28-15-9-7-14(8-10-15)24-21(26)13(2)3/h7-13H,4-6H2,1-3H3,(H,24,26). The van der Waals surface area contributed by atoms with E-state index in [2.05, 4.69) is 5.32 Å². The van der Waals surface area contributed by atoms with Gasteiger partial charge in [-0.3, -0.25) is 9.59 Å². The van der Waals surface area contributed by atoms with E-state index >= 15 is 0 Å². The Kier molecular flexibility index (Phi) is 8.15. The van der Waals surface area contributed by atoms with Crippen LogP contribution < -0.4 is 14.8 Å². The summed E-state index contributed by atoms with van der Waals surface area (Å²) in [7, 11) is 0. The molecule has 7 heteroatoms. The number of amides is 1. The molecule has 0 saturated carbocycles. The highest BCUT2D eigenvalue weighted by Crippen LogP contribution is 2.39. The Bertz CT molecular complexity index is 812. The number of nitrogens with one attached hydrogen (secondary N) is 1. The molecule has 0 radical (unpaired) electrons. The summed E-state index contributed by atoms with van der Waals surface area (Å²) in [5, 5.41) is 3.25. The van der Waals surface area contributed by atoms with Crippen LogP contribution in [-0.2, 0) is 9.59 Å². The molecule has 0 atom stereocenters. The minimum Gasteiger partial charge on any atom is -0.454 e. The van der Waals surface area contributed by atoms with E-state index in [0.29, 0.717) is 17.9 Å². The van der Waals surface area contributed by atoms with E-state index in [0.717, 1.165) is 12.8 Å². The summed E-state index contributed by atoms with van der Waals surface area (Å²) in [5.74, 6) is 0.526. The third-order valence-corrected chi connectivity index (χ3v) is 4.37. The Morgan fingerprint density at radius 2 is 1.64 bits per heavy atom. The van der Waals surface area contributed by atoms with Crippen molar-refractivity contribution in [1.29, 1.82) is 0 Å². The highest BCUT2D eigenvalue weighted by molar-refractivity contribution is 6.37. The molecule has 0 heterocycles. The fraction of sp³-hybridized carbons (Fsp3) is 0.333. The van der Waals surface area contributed by atoms with Crippen molar-refractivity contribution in [3.63, 3.8) is 0 Å². The first kappa shape index (κ1) is 22.1. The fourth-order valence-electron chi connectivity index (χ4n) is 2.21. The summed E-state index contributed by atoms with van der Waals surface area (Å²) in [6.45, 7) is 5.64. The number of anilines is 1. The quantitative estimate of drug-likeness (QED) is 0.389. The van der Waals surface area contributed by atoms with Crippen molar-refractivity contribution in [2.24, 2.45) is 5.92 Å². The van der Waals surface area contributed by atoms with E-state index in [1.807, 2.05) is 20.8 Å². The zero-order chi connectivity index (χ0) is 20.7. The van der Waals surface area contributed by atoms with Crippen molar-refractivity contribution in [3.05, 3.63) is 46.4 Å². The predicted molar refractivity (Wildman–Crippen MR) is 112 cm³/mol. The maximum absolute atomic E-state index is 11.8. The first-order chi connectivity index (χ1) is 13.3. The van der Waals surface area contributed by atoms with Gasteiger partial charge in [-0.05, 0) is 30.7 Å². The van der Waals surface area contributed by atoms with E-state index < -0.39 is 0 Å². The summed E-state index contributed by atoms with van der Waals surface area (Å²) < 4.78 is 11.0. The molecule has 0 bridgehead atoms. The van der Waals surface area contributed by atoms with Gasteiger partial charge in [0.15, 0.2) is 5.75 Å². The molecule has 1 amide bonds. The second kappa shape index (κ2) is 10.3. The van der Waals surface area contributed by atoms with E-state index in [9.17, 15) is 9.59 Å². The van der Waals surface area contributed by atoms with Gasteiger partial charge in [-0.25, -0.2) is 0 Å². The predicted octanol–water partition coefficient (Wildman–Crippen LogP) is 6.48. The normalized spacial score (nSPS) is 10.6. The van der Waals surface area contributed by atoms with Crippen molar-refractivity contribution in [3.8, 4) is 17.2 Å². The van der Waals surface area contributed by atoms with Gasteiger partial charge < -0.3 is 14.8 Å². The van der Waals surface area contributed by atoms with E-state index in [1.165, 1.54) is 12.1 Å². The number of hydrogen-bond acceptors (Lipinski definition) is 4. The molecule has 1 N–H and O–H groups in total. The van der Waals surface area contributed by atoms with Crippen molar-refractivity contribution in [2.45, 2.75) is 40.0 Å². The Hall–Kier alpha value is -2.24. The van der Waals surface area contributed by atoms with Gasteiger partial charge in [-0.2, -0.15) is 0 Å². The van der Waals surface area contributed by atoms with E-state index in [1.54, 1.807) is 24.3 Å². The third kappa shape index (κ3) is 6.43. The van der Waals surface area contributed by atoms with Crippen molar-refractivity contribution >= 4 is 40.8 Å². The van der Waals surface area contributed by atoms with Gasteiger partial charge in [0.1, 0.15) is 11.5 Å². The number of hydrogen-bond donors (Lipinski definition) is 1. The molecule has 2 aromatic carbocycles. The lowest BCUT2D eigenvalue weighted by Gasteiger charge is -2.13. The lowest BCUT2D eigenvalue weighted by Crippen LogP contribution is -2.17. The minimum atomic E-state index is -0.332. The van der Waals surface area contributed by atoms with Gasteiger partial charge in [-0.15, -0.1) is 0 Å². The Labute approximate surface area is 174 Å². The second-order valence-electron chi connectivity index (χ2n) is 6.56. The molecular weight excluding hydrogens is 401 g/mol. The van der Waals surface area contributed by atoms with Gasteiger partial charge in [0, 0.05) is 30.2 Å². The first-order valence-corrected chi connectivity index (χ1v) is 9.84. The summed E-state index contributed by atoms with van der Waals surface area (Å²) in [5.41, 5.74) is 0.664. The van der Waals surface area contributed by atoms with Crippen LogP contribution in [0.25, 0.3) is 0 Å². The molecule has 0 spiro atoms. The van der Waals surface area contributed by atoms with Crippen molar-refractivity contribution in [2.75, 3.05) is 5.32 Å². The topological polar surface area (TPSA) is 64.6 Å². The SMILES string of the molecule is CCCCC(=O)Oc1cc(Cl)c(Oc2ccc(NC(=O)C(C)C)cc2)c(Cl)c1. The summed E-state index contributed by atoms with van der Waals surface area (Å²) in [6.07, 6.45) is 2.00. The molecule has 5 nitrogen and oxygen atoms in total. The van der Waals surface area contributed by atoms with Gasteiger partial charge >= 0.3 is 5.97 Å². The van der Waals surface area contributed by atoms with Crippen LogP contribution in [0.15, 0.2) is 36.4 Å².